The quantitative estimate of drug-likeness (QED) is 0.501. The molecule has 0 N–H and O–H groups in total. The molecule has 2 heterocycles. The summed E-state index contributed by atoms with van der Waals surface area (Å²) in [6.45, 7) is 4.06. The monoisotopic (exact) mass is 316 g/mol. The average molecular weight is 316 g/mol. The molecule has 0 saturated carbocycles. The van der Waals surface area contributed by atoms with E-state index >= 15 is 0 Å². The summed E-state index contributed by atoms with van der Waals surface area (Å²) in [7, 11) is 0. The second kappa shape index (κ2) is 5.53. The Morgan fingerprint density at radius 1 is 0.750 bits per heavy atom. The molecular weight excluding hydrogens is 300 g/mol. The van der Waals surface area contributed by atoms with Gasteiger partial charge < -0.3 is 8.83 Å². The molecule has 4 rings (SSSR count). The van der Waals surface area contributed by atoms with Crippen LogP contribution in [0, 0.1) is 13.8 Å². The third kappa shape index (κ3) is 2.54. The number of fused-ring (bicyclic) bond motifs is 1. The van der Waals surface area contributed by atoms with E-state index in [1.807, 2.05) is 68.4 Å². The van der Waals surface area contributed by atoms with Crippen molar-refractivity contribution in [2.75, 3.05) is 0 Å². The van der Waals surface area contributed by atoms with Gasteiger partial charge in [0.15, 0.2) is 0 Å². The van der Waals surface area contributed by atoms with Crippen molar-refractivity contribution >= 4 is 11.2 Å². The van der Waals surface area contributed by atoms with E-state index in [2.05, 4.69) is 0 Å². The maximum absolute atomic E-state index is 11.9. The Morgan fingerprint density at radius 3 is 2.12 bits per heavy atom. The molecule has 3 heteroatoms. The Balaban J connectivity index is 1.97. The van der Waals surface area contributed by atoms with Crippen LogP contribution in [0.3, 0.4) is 0 Å². The number of aryl methyl sites for hydroxylation is 2. The zero-order valence-corrected chi connectivity index (χ0v) is 13.5. The van der Waals surface area contributed by atoms with Gasteiger partial charge in [0, 0.05) is 17.2 Å². The lowest BCUT2D eigenvalue weighted by atomic mass is 10.0. The molecular formula is C21H16O3. The SMILES string of the molecule is Cc1cccc(-c2cc3c(-c4cccc(C)c4)cc(=O)oc3o2)c1. The zero-order chi connectivity index (χ0) is 16.7. The van der Waals surface area contributed by atoms with Crippen molar-refractivity contribution in [2.45, 2.75) is 13.8 Å². The van der Waals surface area contributed by atoms with Gasteiger partial charge in [-0.15, -0.1) is 0 Å². The number of furan rings is 1. The normalized spacial score (nSPS) is 11.1. The van der Waals surface area contributed by atoms with Gasteiger partial charge in [-0.05, 0) is 31.5 Å². The van der Waals surface area contributed by atoms with Crippen molar-refractivity contribution in [3.8, 4) is 22.5 Å². The molecule has 0 fully saturated rings. The average Bonchev–Trinajstić information content (AvgIpc) is 2.98. The second-order valence-corrected chi connectivity index (χ2v) is 6.03. The van der Waals surface area contributed by atoms with Gasteiger partial charge in [0.05, 0.1) is 5.39 Å². The Hall–Kier alpha value is -3.07. The fourth-order valence-corrected chi connectivity index (χ4v) is 2.95. The molecule has 0 aliphatic carbocycles. The van der Waals surface area contributed by atoms with E-state index in [1.165, 1.54) is 6.07 Å². The fourth-order valence-electron chi connectivity index (χ4n) is 2.95. The fraction of sp³-hybridized carbons (Fsp3) is 0.0952. The van der Waals surface area contributed by atoms with Crippen molar-refractivity contribution in [1.29, 1.82) is 0 Å². The van der Waals surface area contributed by atoms with Gasteiger partial charge in [0.2, 0.25) is 0 Å². The molecule has 0 radical (unpaired) electrons. The molecule has 2 aromatic carbocycles. The molecule has 0 saturated heterocycles. The van der Waals surface area contributed by atoms with E-state index < -0.39 is 5.63 Å². The first-order valence-electron chi connectivity index (χ1n) is 7.82. The van der Waals surface area contributed by atoms with Gasteiger partial charge in [-0.25, -0.2) is 4.79 Å². The van der Waals surface area contributed by atoms with Crippen LogP contribution in [-0.4, -0.2) is 0 Å². The standard InChI is InChI=1S/C21H16O3/c1-13-5-3-7-15(9-13)17-12-20(22)24-21-18(17)11-19(23-21)16-8-4-6-14(2)10-16/h3-12H,1-2H3. The van der Waals surface area contributed by atoms with Crippen molar-refractivity contribution in [3.05, 3.63) is 82.2 Å². The van der Waals surface area contributed by atoms with Crippen LogP contribution in [0.4, 0.5) is 0 Å². The predicted octanol–water partition coefficient (Wildman–Crippen LogP) is 5.34. The highest BCUT2D eigenvalue weighted by Gasteiger charge is 2.14. The minimum absolute atomic E-state index is 0.260. The van der Waals surface area contributed by atoms with E-state index in [-0.39, 0.29) is 5.78 Å². The highest BCUT2D eigenvalue weighted by atomic mass is 16.5. The first kappa shape index (κ1) is 14.5. The first-order chi connectivity index (χ1) is 11.6. The summed E-state index contributed by atoms with van der Waals surface area (Å²) >= 11 is 0. The summed E-state index contributed by atoms with van der Waals surface area (Å²) in [5.74, 6) is 0.951. The maximum atomic E-state index is 11.9. The van der Waals surface area contributed by atoms with Crippen LogP contribution < -0.4 is 5.63 Å². The van der Waals surface area contributed by atoms with Crippen molar-refractivity contribution < 1.29 is 8.83 Å². The number of rotatable bonds is 2. The summed E-state index contributed by atoms with van der Waals surface area (Å²) in [5, 5.41) is 0.803. The summed E-state index contributed by atoms with van der Waals surface area (Å²) < 4.78 is 11.1. The zero-order valence-electron chi connectivity index (χ0n) is 13.5. The number of benzene rings is 2. The molecule has 3 nitrogen and oxygen atoms in total. The topological polar surface area (TPSA) is 43.4 Å². The lowest BCUT2D eigenvalue weighted by molar-refractivity contribution is 0.456. The Labute approximate surface area is 139 Å². The predicted molar refractivity (Wildman–Crippen MR) is 95.1 cm³/mol. The number of hydrogen-bond donors (Lipinski definition) is 0. The maximum Gasteiger partial charge on any atom is 0.339 e. The third-order valence-electron chi connectivity index (χ3n) is 4.08. The Morgan fingerprint density at radius 2 is 1.42 bits per heavy atom. The third-order valence-corrected chi connectivity index (χ3v) is 4.08. The summed E-state index contributed by atoms with van der Waals surface area (Å²) in [4.78, 5) is 11.9. The highest BCUT2D eigenvalue weighted by molar-refractivity contribution is 5.93. The second-order valence-electron chi connectivity index (χ2n) is 6.03. The Kier molecular flexibility index (Phi) is 3.35. The lowest BCUT2D eigenvalue weighted by Gasteiger charge is -2.02. The molecule has 0 amide bonds. The van der Waals surface area contributed by atoms with Crippen LogP contribution in [0.5, 0.6) is 0 Å². The van der Waals surface area contributed by atoms with Crippen LogP contribution in [0.1, 0.15) is 11.1 Å². The molecule has 0 atom stereocenters. The molecule has 2 aromatic heterocycles. The van der Waals surface area contributed by atoms with Crippen LogP contribution >= 0.6 is 0 Å². The van der Waals surface area contributed by atoms with Crippen LogP contribution in [0.25, 0.3) is 33.6 Å². The van der Waals surface area contributed by atoms with Crippen molar-refractivity contribution in [2.24, 2.45) is 0 Å². The van der Waals surface area contributed by atoms with Crippen LogP contribution in [-0.2, 0) is 0 Å². The molecule has 0 bridgehead atoms. The van der Waals surface area contributed by atoms with Crippen molar-refractivity contribution in [3.63, 3.8) is 0 Å². The smallest absolute Gasteiger partial charge is 0.339 e. The van der Waals surface area contributed by atoms with Gasteiger partial charge in [0.25, 0.3) is 0 Å². The van der Waals surface area contributed by atoms with Gasteiger partial charge in [-0.3, -0.25) is 0 Å². The Bertz CT molecular complexity index is 1100. The van der Waals surface area contributed by atoms with Crippen LogP contribution in [0.15, 0.2) is 74.3 Å². The summed E-state index contributed by atoms with van der Waals surface area (Å²) in [6.07, 6.45) is 0. The largest absolute Gasteiger partial charge is 0.425 e. The van der Waals surface area contributed by atoms with Crippen molar-refractivity contribution in [1.82, 2.24) is 0 Å². The molecule has 0 unspecified atom stereocenters. The molecule has 0 spiro atoms. The van der Waals surface area contributed by atoms with Gasteiger partial charge in [0.1, 0.15) is 5.76 Å². The molecule has 0 aliphatic rings. The minimum Gasteiger partial charge on any atom is -0.425 e. The minimum atomic E-state index is -0.413. The molecule has 24 heavy (non-hydrogen) atoms. The number of hydrogen-bond acceptors (Lipinski definition) is 3. The highest BCUT2D eigenvalue weighted by Crippen LogP contribution is 2.34. The van der Waals surface area contributed by atoms with E-state index in [0.717, 1.165) is 33.2 Å². The van der Waals surface area contributed by atoms with Gasteiger partial charge in [-0.2, -0.15) is 0 Å². The summed E-state index contributed by atoms with van der Waals surface area (Å²) in [5.41, 5.74) is 4.63. The lowest BCUT2D eigenvalue weighted by Crippen LogP contribution is -1.96. The van der Waals surface area contributed by atoms with E-state index in [9.17, 15) is 4.79 Å². The van der Waals surface area contributed by atoms with E-state index in [0.29, 0.717) is 5.76 Å². The van der Waals surface area contributed by atoms with Gasteiger partial charge in [-0.1, -0.05) is 53.6 Å². The molecule has 118 valence electrons. The first-order valence-corrected chi connectivity index (χ1v) is 7.82. The van der Waals surface area contributed by atoms with E-state index in [1.54, 1.807) is 0 Å². The molecule has 4 aromatic rings. The van der Waals surface area contributed by atoms with Gasteiger partial charge >= 0.3 is 11.4 Å². The summed E-state index contributed by atoms with van der Waals surface area (Å²) in [6, 6.07) is 19.5. The molecule has 0 aliphatic heterocycles. The van der Waals surface area contributed by atoms with E-state index in [4.69, 9.17) is 8.83 Å². The van der Waals surface area contributed by atoms with Crippen LogP contribution in [0.2, 0.25) is 0 Å².